The van der Waals surface area contributed by atoms with E-state index in [0.717, 1.165) is 6.92 Å². The Morgan fingerprint density at radius 1 is 1.67 bits per heavy atom. The van der Waals surface area contributed by atoms with E-state index in [1.54, 1.807) is 5.10 Å². The van der Waals surface area contributed by atoms with E-state index in [1.165, 1.54) is 6.08 Å². The molecule has 8 heteroatoms. The summed E-state index contributed by atoms with van der Waals surface area (Å²) in [6.07, 6.45) is -3.32. The number of amides is 1. The number of alkyl halides is 3. The highest BCUT2D eigenvalue weighted by Crippen LogP contribution is 2.30. The SMILES string of the molecule is C=C[C@H](CO)NC(=O)c1n[nH]c(C(F)(F)F)c1C. The fourth-order valence-corrected chi connectivity index (χ4v) is 1.31. The molecule has 1 heterocycles. The van der Waals surface area contributed by atoms with E-state index >= 15 is 0 Å². The summed E-state index contributed by atoms with van der Waals surface area (Å²) in [5, 5.41) is 16.2. The summed E-state index contributed by atoms with van der Waals surface area (Å²) < 4.78 is 37.4. The number of aliphatic hydroxyl groups is 1. The normalized spacial score (nSPS) is 13.2. The van der Waals surface area contributed by atoms with Gasteiger partial charge in [-0.2, -0.15) is 18.3 Å². The first-order chi connectivity index (χ1) is 8.31. The Balaban J connectivity index is 2.95. The summed E-state index contributed by atoms with van der Waals surface area (Å²) in [4.78, 5) is 11.6. The van der Waals surface area contributed by atoms with Crippen molar-refractivity contribution < 1.29 is 23.1 Å². The van der Waals surface area contributed by atoms with E-state index in [0.29, 0.717) is 0 Å². The van der Waals surface area contributed by atoms with Gasteiger partial charge in [0.25, 0.3) is 5.91 Å². The molecule has 0 saturated heterocycles. The van der Waals surface area contributed by atoms with Crippen molar-refractivity contribution in [3.63, 3.8) is 0 Å². The smallest absolute Gasteiger partial charge is 0.394 e. The van der Waals surface area contributed by atoms with E-state index in [2.05, 4.69) is 17.0 Å². The van der Waals surface area contributed by atoms with Crippen LogP contribution in [0.25, 0.3) is 0 Å². The number of aliphatic hydroxyl groups excluding tert-OH is 1. The first-order valence-corrected chi connectivity index (χ1v) is 4.97. The molecule has 1 aromatic heterocycles. The molecule has 0 radical (unpaired) electrons. The predicted molar refractivity (Wildman–Crippen MR) is 56.9 cm³/mol. The first-order valence-electron chi connectivity index (χ1n) is 4.97. The molecule has 0 bridgehead atoms. The van der Waals surface area contributed by atoms with Gasteiger partial charge in [-0.15, -0.1) is 6.58 Å². The van der Waals surface area contributed by atoms with Gasteiger partial charge >= 0.3 is 6.18 Å². The molecule has 0 unspecified atom stereocenters. The second-order valence-electron chi connectivity index (χ2n) is 3.57. The van der Waals surface area contributed by atoms with Gasteiger partial charge in [0.1, 0.15) is 5.69 Å². The Hall–Kier alpha value is -1.83. The molecule has 0 spiro atoms. The van der Waals surface area contributed by atoms with Crippen molar-refractivity contribution in [3.8, 4) is 0 Å². The Morgan fingerprint density at radius 3 is 2.67 bits per heavy atom. The molecule has 100 valence electrons. The van der Waals surface area contributed by atoms with Crippen LogP contribution in [0.3, 0.4) is 0 Å². The first kappa shape index (κ1) is 14.2. The topological polar surface area (TPSA) is 78.0 Å². The lowest BCUT2D eigenvalue weighted by molar-refractivity contribution is -0.141. The molecule has 18 heavy (non-hydrogen) atoms. The number of hydrogen-bond acceptors (Lipinski definition) is 3. The molecule has 1 atom stereocenters. The summed E-state index contributed by atoms with van der Waals surface area (Å²) in [6, 6.07) is -0.733. The van der Waals surface area contributed by atoms with Gasteiger partial charge in [-0.05, 0) is 6.92 Å². The summed E-state index contributed by atoms with van der Waals surface area (Å²) in [5.41, 5.74) is -1.71. The van der Waals surface area contributed by atoms with E-state index < -0.39 is 30.4 Å². The van der Waals surface area contributed by atoms with Crippen LogP contribution in [-0.4, -0.2) is 33.9 Å². The molecular weight excluding hydrogens is 251 g/mol. The number of halogens is 3. The Bertz CT molecular complexity index is 454. The van der Waals surface area contributed by atoms with E-state index in [-0.39, 0.29) is 11.3 Å². The van der Waals surface area contributed by atoms with Gasteiger partial charge in [0.05, 0.1) is 12.6 Å². The lowest BCUT2D eigenvalue weighted by Gasteiger charge is -2.10. The number of hydrogen-bond donors (Lipinski definition) is 3. The van der Waals surface area contributed by atoms with Gasteiger partial charge in [0.15, 0.2) is 5.69 Å². The molecule has 3 N–H and O–H groups in total. The van der Waals surface area contributed by atoms with E-state index in [1.807, 2.05) is 0 Å². The van der Waals surface area contributed by atoms with Gasteiger partial charge in [0.2, 0.25) is 0 Å². The number of carbonyl (C=O) groups is 1. The van der Waals surface area contributed by atoms with Crippen molar-refractivity contribution in [3.05, 3.63) is 29.6 Å². The van der Waals surface area contributed by atoms with Gasteiger partial charge < -0.3 is 10.4 Å². The van der Waals surface area contributed by atoms with Crippen LogP contribution in [0.1, 0.15) is 21.7 Å². The standard InChI is InChI=1S/C10H12F3N3O2/c1-3-6(4-17)14-9(18)7-5(2)8(16-15-7)10(11,12)13/h3,6,17H,1,4H2,2H3,(H,14,18)(H,15,16)/t6-/m1/s1. The summed E-state index contributed by atoms with van der Waals surface area (Å²) in [7, 11) is 0. The lowest BCUT2D eigenvalue weighted by atomic mass is 10.2. The van der Waals surface area contributed by atoms with Crippen LogP contribution in [0.2, 0.25) is 0 Å². The van der Waals surface area contributed by atoms with Gasteiger partial charge in [-0.25, -0.2) is 0 Å². The summed E-state index contributed by atoms with van der Waals surface area (Å²) in [5.74, 6) is -0.807. The van der Waals surface area contributed by atoms with E-state index in [9.17, 15) is 18.0 Å². The van der Waals surface area contributed by atoms with Crippen molar-refractivity contribution in [1.29, 1.82) is 0 Å². The zero-order valence-corrected chi connectivity index (χ0v) is 9.51. The fourth-order valence-electron chi connectivity index (χ4n) is 1.31. The minimum absolute atomic E-state index is 0.291. The van der Waals surface area contributed by atoms with Gasteiger partial charge in [-0.1, -0.05) is 6.08 Å². The minimum atomic E-state index is -4.59. The van der Waals surface area contributed by atoms with Crippen molar-refractivity contribution in [2.45, 2.75) is 19.1 Å². The third-order valence-corrected chi connectivity index (χ3v) is 2.31. The zero-order valence-electron chi connectivity index (χ0n) is 9.51. The van der Waals surface area contributed by atoms with Crippen LogP contribution in [0.4, 0.5) is 13.2 Å². The van der Waals surface area contributed by atoms with E-state index in [4.69, 9.17) is 5.11 Å². The van der Waals surface area contributed by atoms with Crippen molar-refractivity contribution >= 4 is 5.91 Å². The van der Waals surface area contributed by atoms with Crippen LogP contribution in [0.5, 0.6) is 0 Å². The van der Waals surface area contributed by atoms with Crippen molar-refractivity contribution in [1.82, 2.24) is 15.5 Å². The van der Waals surface area contributed by atoms with Crippen LogP contribution < -0.4 is 5.32 Å². The molecule has 0 saturated carbocycles. The lowest BCUT2D eigenvalue weighted by Crippen LogP contribution is -2.36. The fraction of sp³-hybridized carbons (Fsp3) is 0.400. The van der Waals surface area contributed by atoms with Crippen LogP contribution in [0.15, 0.2) is 12.7 Å². The van der Waals surface area contributed by atoms with Gasteiger partial charge in [-0.3, -0.25) is 9.89 Å². The highest BCUT2D eigenvalue weighted by Gasteiger charge is 2.36. The Kier molecular flexibility index (Phi) is 4.12. The highest BCUT2D eigenvalue weighted by atomic mass is 19.4. The number of nitrogens with one attached hydrogen (secondary N) is 2. The average molecular weight is 263 g/mol. The third-order valence-electron chi connectivity index (χ3n) is 2.31. The van der Waals surface area contributed by atoms with Gasteiger partial charge in [0, 0.05) is 5.56 Å². The molecule has 0 aliphatic carbocycles. The summed E-state index contributed by atoms with van der Waals surface area (Å²) in [6.45, 7) is 4.11. The van der Waals surface area contributed by atoms with Crippen LogP contribution in [0, 0.1) is 6.92 Å². The van der Waals surface area contributed by atoms with Crippen LogP contribution >= 0.6 is 0 Å². The van der Waals surface area contributed by atoms with Crippen molar-refractivity contribution in [2.75, 3.05) is 6.61 Å². The van der Waals surface area contributed by atoms with Crippen molar-refractivity contribution in [2.24, 2.45) is 0 Å². The number of carbonyl (C=O) groups excluding carboxylic acids is 1. The predicted octanol–water partition coefficient (Wildman–Crippen LogP) is 1.01. The monoisotopic (exact) mass is 263 g/mol. The third kappa shape index (κ3) is 2.89. The molecule has 0 aliphatic rings. The quantitative estimate of drug-likeness (QED) is 0.709. The number of nitrogens with zero attached hydrogens (tertiary/aromatic N) is 1. The largest absolute Gasteiger partial charge is 0.433 e. The maximum atomic E-state index is 12.5. The maximum Gasteiger partial charge on any atom is 0.433 e. The average Bonchev–Trinajstić information content (AvgIpc) is 2.67. The van der Waals surface area contributed by atoms with Crippen LogP contribution in [-0.2, 0) is 6.18 Å². The Morgan fingerprint density at radius 2 is 2.28 bits per heavy atom. The zero-order chi connectivity index (χ0) is 13.9. The molecule has 0 aromatic carbocycles. The molecule has 0 fully saturated rings. The highest BCUT2D eigenvalue weighted by molar-refractivity contribution is 5.94. The molecule has 0 aliphatic heterocycles. The second kappa shape index (κ2) is 5.21. The molecule has 1 amide bonds. The molecular formula is C10H12F3N3O2. The number of rotatable bonds is 4. The Labute approximate surface area is 101 Å². The number of H-pyrrole nitrogens is 1. The summed E-state index contributed by atoms with van der Waals surface area (Å²) >= 11 is 0. The number of aromatic nitrogens is 2. The number of aromatic amines is 1. The molecule has 1 rings (SSSR count). The minimum Gasteiger partial charge on any atom is -0.394 e. The molecule has 5 nitrogen and oxygen atoms in total. The maximum absolute atomic E-state index is 12.5. The second-order valence-corrected chi connectivity index (χ2v) is 3.57. The molecule has 1 aromatic rings.